The van der Waals surface area contributed by atoms with Crippen LogP contribution >= 0.6 is 0 Å². The number of aliphatic hydroxyl groups excluding tert-OH is 2. The zero-order chi connectivity index (χ0) is 17.1. The lowest BCUT2D eigenvalue weighted by Crippen LogP contribution is -2.41. The summed E-state index contributed by atoms with van der Waals surface area (Å²) in [5, 5.41) is 20.2. The highest BCUT2D eigenvalue weighted by atomic mass is 16.3. The van der Waals surface area contributed by atoms with Crippen LogP contribution in [0, 0.1) is 11.8 Å². The Morgan fingerprint density at radius 1 is 1.17 bits per heavy atom. The zero-order valence-corrected chi connectivity index (χ0v) is 14.8. The molecular formula is C20H30N2O2. The Morgan fingerprint density at radius 3 is 2.67 bits per heavy atom. The highest BCUT2D eigenvalue weighted by molar-refractivity contribution is 5.84. The SMILES string of the molecule is CC[C@H]1CN(C)[C@H](c2[nH]c3ccccc3c2CCO)C[C@@H]1CCO. The molecule has 1 aliphatic rings. The van der Waals surface area contributed by atoms with Crippen molar-refractivity contribution in [3.63, 3.8) is 0 Å². The van der Waals surface area contributed by atoms with E-state index in [1.165, 1.54) is 16.6 Å². The van der Waals surface area contributed by atoms with E-state index < -0.39 is 0 Å². The number of fused-ring (bicyclic) bond motifs is 1. The van der Waals surface area contributed by atoms with Gasteiger partial charge in [-0.3, -0.25) is 4.90 Å². The van der Waals surface area contributed by atoms with Gasteiger partial charge in [0.15, 0.2) is 0 Å². The number of aliphatic hydroxyl groups is 2. The molecule has 0 amide bonds. The molecule has 3 rings (SSSR count). The van der Waals surface area contributed by atoms with Gasteiger partial charge in [-0.1, -0.05) is 31.5 Å². The molecule has 1 aromatic carbocycles. The highest BCUT2D eigenvalue weighted by Crippen LogP contribution is 2.41. The summed E-state index contributed by atoms with van der Waals surface area (Å²) in [5.74, 6) is 1.22. The first kappa shape index (κ1) is 17.5. The Bertz CT molecular complexity index is 667. The smallest absolute Gasteiger partial charge is 0.0501 e. The zero-order valence-electron chi connectivity index (χ0n) is 14.8. The molecule has 2 heterocycles. The summed E-state index contributed by atoms with van der Waals surface area (Å²) in [6.45, 7) is 3.76. The molecule has 1 aromatic heterocycles. The molecule has 0 saturated carbocycles. The van der Waals surface area contributed by atoms with Crippen molar-refractivity contribution in [3.05, 3.63) is 35.5 Å². The fourth-order valence-electron chi connectivity index (χ4n) is 4.51. The van der Waals surface area contributed by atoms with Crippen LogP contribution in [0.3, 0.4) is 0 Å². The predicted molar refractivity (Wildman–Crippen MR) is 98.1 cm³/mol. The molecule has 0 aliphatic carbocycles. The molecule has 132 valence electrons. The third-order valence-corrected chi connectivity index (χ3v) is 5.81. The van der Waals surface area contributed by atoms with Gasteiger partial charge >= 0.3 is 0 Å². The molecule has 0 bridgehead atoms. The summed E-state index contributed by atoms with van der Waals surface area (Å²) in [6.07, 6.45) is 3.81. The number of aromatic nitrogens is 1. The second-order valence-electron chi connectivity index (χ2n) is 7.17. The molecule has 0 spiro atoms. The maximum Gasteiger partial charge on any atom is 0.0501 e. The van der Waals surface area contributed by atoms with Gasteiger partial charge in [0.1, 0.15) is 0 Å². The summed E-state index contributed by atoms with van der Waals surface area (Å²) in [7, 11) is 2.21. The molecule has 0 unspecified atom stereocenters. The van der Waals surface area contributed by atoms with Crippen LogP contribution in [0.15, 0.2) is 24.3 Å². The van der Waals surface area contributed by atoms with E-state index in [9.17, 15) is 10.2 Å². The van der Waals surface area contributed by atoms with Crippen molar-refractivity contribution in [2.75, 3.05) is 26.8 Å². The fourth-order valence-corrected chi connectivity index (χ4v) is 4.51. The van der Waals surface area contributed by atoms with Gasteiger partial charge in [-0.15, -0.1) is 0 Å². The number of H-pyrrole nitrogens is 1. The standard InChI is InChI=1S/C20H30N2O2/c1-3-14-13-22(2)19(12-15(14)8-10-23)20-17(9-11-24)16-6-4-5-7-18(16)21-20/h4-7,14-15,19,21,23-24H,3,8-13H2,1-2H3/t14-,15-,19-/m0/s1. The molecule has 4 nitrogen and oxygen atoms in total. The van der Waals surface area contributed by atoms with E-state index in [0.717, 1.165) is 31.3 Å². The van der Waals surface area contributed by atoms with Crippen molar-refractivity contribution in [3.8, 4) is 0 Å². The van der Waals surface area contributed by atoms with Gasteiger partial charge in [-0.05, 0) is 49.8 Å². The fraction of sp³-hybridized carbons (Fsp3) is 0.600. The third kappa shape index (κ3) is 3.23. The number of aromatic amines is 1. The number of rotatable bonds is 6. The third-order valence-electron chi connectivity index (χ3n) is 5.81. The van der Waals surface area contributed by atoms with Gasteiger partial charge in [0, 0.05) is 36.4 Å². The quantitative estimate of drug-likeness (QED) is 0.763. The van der Waals surface area contributed by atoms with Gasteiger partial charge in [0.05, 0.1) is 6.04 Å². The van der Waals surface area contributed by atoms with Gasteiger partial charge in [0.25, 0.3) is 0 Å². The number of likely N-dealkylation sites (tertiary alicyclic amines) is 1. The van der Waals surface area contributed by atoms with Gasteiger partial charge in [-0.25, -0.2) is 0 Å². The van der Waals surface area contributed by atoms with E-state index in [-0.39, 0.29) is 13.2 Å². The number of nitrogens with zero attached hydrogens (tertiary/aromatic N) is 1. The molecule has 1 saturated heterocycles. The molecule has 24 heavy (non-hydrogen) atoms. The van der Waals surface area contributed by atoms with Gasteiger partial charge in [0.2, 0.25) is 0 Å². The maximum atomic E-state index is 9.54. The van der Waals surface area contributed by atoms with E-state index in [0.29, 0.717) is 24.3 Å². The van der Waals surface area contributed by atoms with Crippen molar-refractivity contribution < 1.29 is 10.2 Å². The molecule has 4 heteroatoms. The van der Waals surface area contributed by atoms with Crippen molar-refractivity contribution in [2.45, 2.75) is 38.6 Å². The first-order valence-electron chi connectivity index (χ1n) is 9.21. The topological polar surface area (TPSA) is 59.5 Å². The molecule has 3 atom stereocenters. The van der Waals surface area contributed by atoms with Crippen molar-refractivity contribution in [1.29, 1.82) is 0 Å². The lowest BCUT2D eigenvalue weighted by atomic mass is 9.77. The maximum absolute atomic E-state index is 9.54. The summed E-state index contributed by atoms with van der Waals surface area (Å²) in [5.41, 5.74) is 3.66. The van der Waals surface area contributed by atoms with Crippen molar-refractivity contribution in [1.82, 2.24) is 9.88 Å². The summed E-state index contributed by atoms with van der Waals surface area (Å²) in [4.78, 5) is 6.08. The highest BCUT2D eigenvalue weighted by Gasteiger charge is 2.35. The predicted octanol–water partition coefficient (Wildman–Crippen LogP) is 3.10. The number of nitrogens with one attached hydrogen (secondary N) is 1. The van der Waals surface area contributed by atoms with Gasteiger partial charge < -0.3 is 15.2 Å². The monoisotopic (exact) mass is 330 g/mol. The minimum Gasteiger partial charge on any atom is -0.396 e. The number of piperidine rings is 1. The molecule has 1 fully saturated rings. The van der Waals surface area contributed by atoms with Crippen molar-refractivity contribution in [2.24, 2.45) is 11.8 Å². The van der Waals surface area contributed by atoms with Crippen LogP contribution in [0.5, 0.6) is 0 Å². The second kappa shape index (κ2) is 7.68. The van der Waals surface area contributed by atoms with E-state index in [1.54, 1.807) is 0 Å². The first-order chi connectivity index (χ1) is 11.7. The van der Waals surface area contributed by atoms with Crippen LogP contribution in [0.1, 0.15) is 43.5 Å². The second-order valence-corrected chi connectivity index (χ2v) is 7.17. The minimum absolute atomic E-state index is 0.170. The number of benzene rings is 1. The van der Waals surface area contributed by atoms with E-state index in [2.05, 4.69) is 48.1 Å². The molecular weight excluding hydrogens is 300 g/mol. The average Bonchev–Trinajstić information content (AvgIpc) is 2.95. The minimum atomic E-state index is 0.170. The molecule has 1 aliphatic heterocycles. The first-order valence-corrected chi connectivity index (χ1v) is 9.21. The lowest BCUT2D eigenvalue weighted by molar-refractivity contribution is 0.0642. The van der Waals surface area contributed by atoms with Crippen LogP contribution in [0.2, 0.25) is 0 Å². The van der Waals surface area contributed by atoms with Crippen LogP contribution in [-0.4, -0.2) is 46.9 Å². The Morgan fingerprint density at radius 2 is 1.96 bits per heavy atom. The number of hydrogen-bond acceptors (Lipinski definition) is 3. The molecule has 0 radical (unpaired) electrons. The van der Waals surface area contributed by atoms with Crippen LogP contribution in [0.25, 0.3) is 10.9 Å². The summed E-state index contributed by atoms with van der Waals surface area (Å²) >= 11 is 0. The summed E-state index contributed by atoms with van der Waals surface area (Å²) < 4.78 is 0. The Kier molecular flexibility index (Phi) is 5.59. The Hall–Kier alpha value is -1.36. The van der Waals surface area contributed by atoms with Crippen LogP contribution in [-0.2, 0) is 6.42 Å². The largest absolute Gasteiger partial charge is 0.396 e. The molecule has 3 N–H and O–H groups in total. The normalized spacial score (nSPS) is 25.4. The van der Waals surface area contributed by atoms with Gasteiger partial charge in [-0.2, -0.15) is 0 Å². The summed E-state index contributed by atoms with van der Waals surface area (Å²) in [6, 6.07) is 8.70. The van der Waals surface area contributed by atoms with Crippen LogP contribution in [0.4, 0.5) is 0 Å². The van der Waals surface area contributed by atoms with E-state index in [1.807, 2.05) is 0 Å². The molecule has 2 aromatic rings. The number of para-hydroxylation sites is 1. The van der Waals surface area contributed by atoms with Crippen LogP contribution < -0.4 is 0 Å². The Balaban J connectivity index is 1.97. The van der Waals surface area contributed by atoms with E-state index >= 15 is 0 Å². The average molecular weight is 330 g/mol. The number of hydrogen-bond donors (Lipinski definition) is 3. The lowest BCUT2D eigenvalue weighted by Gasteiger charge is -2.42. The van der Waals surface area contributed by atoms with Crippen molar-refractivity contribution >= 4 is 10.9 Å². The Labute approximate surface area is 144 Å². The van der Waals surface area contributed by atoms with E-state index in [4.69, 9.17) is 0 Å².